The van der Waals surface area contributed by atoms with Crippen LogP contribution in [0.25, 0.3) is 6.08 Å². The van der Waals surface area contributed by atoms with E-state index in [0.717, 1.165) is 0 Å². The van der Waals surface area contributed by atoms with E-state index in [9.17, 15) is 4.79 Å². The van der Waals surface area contributed by atoms with Crippen molar-refractivity contribution in [2.24, 2.45) is 0 Å². The minimum atomic E-state index is -0.698. The molecule has 7 heteroatoms. The highest BCUT2D eigenvalue weighted by molar-refractivity contribution is 9.10. The summed E-state index contributed by atoms with van der Waals surface area (Å²) >= 11 is 3.37. The van der Waals surface area contributed by atoms with E-state index in [0.29, 0.717) is 21.5 Å². The maximum Gasteiger partial charge on any atom is 0.349 e. The third-order valence-corrected chi connectivity index (χ3v) is 3.53. The van der Waals surface area contributed by atoms with Gasteiger partial charge in [0.25, 0.3) is 0 Å². The number of hydrogen-bond acceptors (Lipinski definition) is 6. The minimum Gasteiger partial charge on any atom is -0.456 e. The summed E-state index contributed by atoms with van der Waals surface area (Å²) in [5.74, 6) is 0.475. The summed E-state index contributed by atoms with van der Waals surface area (Å²) in [6.07, 6.45) is 1.00. The van der Waals surface area contributed by atoms with Gasteiger partial charge in [-0.1, -0.05) is 15.9 Å². The molecule has 0 saturated heterocycles. The van der Waals surface area contributed by atoms with Gasteiger partial charge in [0, 0.05) is 11.6 Å². The molecule has 6 nitrogen and oxygen atoms in total. The maximum atomic E-state index is 12.0. The number of carbonyl (C=O) groups is 1. The van der Waals surface area contributed by atoms with E-state index < -0.39 is 12.1 Å². The number of carbonyl (C=O) groups excluding carboxylic acids is 1. The van der Waals surface area contributed by atoms with E-state index in [1.807, 2.05) is 6.07 Å². The van der Waals surface area contributed by atoms with Crippen LogP contribution in [0.3, 0.4) is 0 Å². The summed E-state index contributed by atoms with van der Waals surface area (Å²) in [5, 5.41) is 9.16. The number of rotatable bonds is 5. The number of ether oxygens (including phenoxy) is 4. The van der Waals surface area contributed by atoms with E-state index in [2.05, 4.69) is 15.9 Å². The molecule has 0 bridgehead atoms. The first-order chi connectivity index (χ1) is 10.5. The van der Waals surface area contributed by atoms with Crippen LogP contribution < -0.4 is 9.47 Å². The Morgan fingerprint density at radius 1 is 1.50 bits per heavy atom. The highest BCUT2D eigenvalue weighted by atomic mass is 79.9. The lowest BCUT2D eigenvalue weighted by atomic mass is 10.1. The number of nitriles is 1. The number of fused-ring (bicyclic) bond motifs is 1. The first kappa shape index (κ1) is 16.3. The molecule has 1 atom stereocenters. The van der Waals surface area contributed by atoms with E-state index in [1.165, 1.54) is 13.2 Å². The van der Waals surface area contributed by atoms with Crippen molar-refractivity contribution in [1.82, 2.24) is 0 Å². The third-order valence-electron chi connectivity index (χ3n) is 2.84. The van der Waals surface area contributed by atoms with Crippen molar-refractivity contribution >= 4 is 28.0 Å². The summed E-state index contributed by atoms with van der Waals surface area (Å²) < 4.78 is 21.2. The number of hydrogen-bond donors (Lipinski definition) is 0. The molecular weight excluding hydrogens is 354 g/mol. The third kappa shape index (κ3) is 3.78. The summed E-state index contributed by atoms with van der Waals surface area (Å²) in [5.41, 5.74) is 0.514. The van der Waals surface area contributed by atoms with Crippen LogP contribution in [0.2, 0.25) is 0 Å². The van der Waals surface area contributed by atoms with Gasteiger partial charge in [0.15, 0.2) is 11.5 Å². The molecule has 0 aromatic heterocycles. The van der Waals surface area contributed by atoms with E-state index in [-0.39, 0.29) is 19.0 Å². The standard InChI is InChI=1S/C15H14BrNO5/c1-9(7-19-2)22-15(18)11(6-17)3-10-4-13-14(5-12(10)16)21-8-20-13/h3-5,9H,7-8H2,1-2H3/b11-3+/t9-/m1/s1. The lowest BCUT2D eigenvalue weighted by Crippen LogP contribution is -2.20. The molecule has 0 fully saturated rings. The summed E-state index contributed by atoms with van der Waals surface area (Å²) in [6, 6.07) is 5.26. The van der Waals surface area contributed by atoms with Gasteiger partial charge in [0.05, 0.1) is 6.61 Å². The van der Waals surface area contributed by atoms with E-state index in [1.54, 1.807) is 19.1 Å². The van der Waals surface area contributed by atoms with Crippen molar-refractivity contribution in [1.29, 1.82) is 5.26 Å². The van der Waals surface area contributed by atoms with Crippen LogP contribution in [0.4, 0.5) is 0 Å². The Morgan fingerprint density at radius 3 is 2.82 bits per heavy atom. The molecule has 0 aliphatic carbocycles. The molecule has 2 rings (SSSR count). The molecule has 1 aliphatic rings. The number of halogens is 1. The molecule has 0 saturated carbocycles. The second-order valence-electron chi connectivity index (χ2n) is 4.57. The average Bonchev–Trinajstić information content (AvgIpc) is 2.91. The van der Waals surface area contributed by atoms with Crippen LogP contribution in [-0.4, -0.2) is 32.6 Å². The van der Waals surface area contributed by atoms with Crippen LogP contribution in [0.1, 0.15) is 12.5 Å². The van der Waals surface area contributed by atoms with Crippen molar-refractivity contribution < 1.29 is 23.7 Å². The average molecular weight is 368 g/mol. The molecule has 1 heterocycles. The molecule has 0 amide bonds. The Bertz CT molecular complexity index is 650. The lowest BCUT2D eigenvalue weighted by molar-refractivity contribution is -0.145. The van der Waals surface area contributed by atoms with Crippen molar-refractivity contribution in [3.05, 3.63) is 27.7 Å². The molecule has 1 aromatic rings. The van der Waals surface area contributed by atoms with Crippen molar-refractivity contribution in [2.45, 2.75) is 13.0 Å². The summed E-state index contributed by atoms with van der Waals surface area (Å²) in [4.78, 5) is 12.0. The number of methoxy groups -OCH3 is 1. The van der Waals surface area contributed by atoms with Crippen LogP contribution in [0.5, 0.6) is 11.5 Å². The Hall–Kier alpha value is -2.04. The molecule has 1 aromatic carbocycles. The maximum absolute atomic E-state index is 12.0. The smallest absolute Gasteiger partial charge is 0.349 e. The Balaban J connectivity index is 2.22. The Kier molecular flexibility index (Phi) is 5.41. The van der Waals surface area contributed by atoms with Gasteiger partial charge < -0.3 is 18.9 Å². The van der Waals surface area contributed by atoms with Crippen molar-refractivity contribution in [2.75, 3.05) is 20.5 Å². The largest absolute Gasteiger partial charge is 0.456 e. The fraction of sp³-hybridized carbons (Fsp3) is 0.333. The van der Waals surface area contributed by atoms with E-state index >= 15 is 0 Å². The first-order valence-corrected chi connectivity index (χ1v) is 7.25. The normalized spacial score (nSPS) is 14.4. The van der Waals surface area contributed by atoms with Gasteiger partial charge in [-0.05, 0) is 30.7 Å². The van der Waals surface area contributed by atoms with Crippen LogP contribution in [-0.2, 0) is 14.3 Å². The second-order valence-corrected chi connectivity index (χ2v) is 5.42. The second kappa shape index (κ2) is 7.29. The molecule has 116 valence electrons. The fourth-order valence-electron chi connectivity index (χ4n) is 1.85. The molecular formula is C15H14BrNO5. The van der Waals surface area contributed by atoms with Crippen molar-refractivity contribution in [3.63, 3.8) is 0 Å². The van der Waals surface area contributed by atoms with Crippen molar-refractivity contribution in [3.8, 4) is 17.6 Å². The van der Waals surface area contributed by atoms with E-state index in [4.69, 9.17) is 24.2 Å². The quantitative estimate of drug-likeness (QED) is 0.452. The number of nitrogens with zero attached hydrogens (tertiary/aromatic N) is 1. The van der Waals surface area contributed by atoms with Crippen LogP contribution >= 0.6 is 15.9 Å². The number of benzene rings is 1. The van der Waals surface area contributed by atoms with Gasteiger partial charge in [-0.25, -0.2) is 4.79 Å². The fourth-order valence-corrected chi connectivity index (χ4v) is 2.29. The zero-order valence-corrected chi connectivity index (χ0v) is 13.7. The predicted octanol–water partition coefficient (Wildman–Crippen LogP) is 2.66. The lowest BCUT2D eigenvalue weighted by Gasteiger charge is -2.11. The molecule has 22 heavy (non-hydrogen) atoms. The van der Waals surface area contributed by atoms with Gasteiger partial charge in [0.1, 0.15) is 17.7 Å². The topological polar surface area (TPSA) is 77.8 Å². The molecule has 0 unspecified atom stereocenters. The molecule has 0 N–H and O–H groups in total. The summed E-state index contributed by atoms with van der Waals surface area (Å²) in [7, 11) is 1.51. The van der Waals surface area contributed by atoms with Gasteiger partial charge >= 0.3 is 5.97 Å². The Morgan fingerprint density at radius 2 is 2.18 bits per heavy atom. The van der Waals surface area contributed by atoms with Crippen LogP contribution in [0, 0.1) is 11.3 Å². The van der Waals surface area contributed by atoms with Gasteiger partial charge in [-0.15, -0.1) is 0 Å². The van der Waals surface area contributed by atoms with Gasteiger partial charge in [-0.3, -0.25) is 0 Å². The highest BCUT2D eigenvalue weighted by Gasteiger charge is 2.18. The zero-order chi connectivity index (χ0) is 16.1. The van der Waals surface area contributed by atoms with Crippen LogP contribution in [0.15, 0.2) is 22.2 Å². The van der Waals surface area contributed by atoms with Gasteiger partial charge in [0.2, 0.25) is 6.79 Å². The van der Waals surface area contributed by atoms with Gasteiger partial charge in [-0.2, -0.15) is 5.26 Å². The SMILES string of the molecule is COC[C@@H](C)OC(=O)/C(C#N)=C/c1cc2c(cc1Br)OCO2. The number of esters is 1. The molecule has 1 aliphatic heterocycles. The molecule has 0 radical (unpaired) electrons. The Labute approximate surface area is 136 Å². The summed E-state index contributed by atoms with van der Waals surface area (Å²) in [6.45, 7) is 2.10. The monoisotopic (exact) mass is 367 g/mol. The molecule has 0 spiro atoms. The minimum absolute atomic E-state index is 0.109. The zero-order valence-electron chi connectivity index (χ0n) is 12.1. The predicted molar refractivity (Wildman–Crippen MR) is 81.3 cm³/mol. The highest BCUT2D eigenvalue weighted by Crippen LogP contribution is 2.37. The first-order valence-electron chi connectivity index (χ1n) is 6.46.